The summed E-state index contributed by atoms with van der Waals surface area (Å²) >= 11 is -4.07. The van der Waals surface area contributed by atoms with Crippen LogP contribution in [-0.4, -0.2) is 27.9 Å². The summed E-state index contributed by atoms with van der Waals surface area (Å²) in [5, 5.41) is 0. The van der Waals surface area contributed by atoms with E-state index in [1.165, 1.54) is 21.3 Å². The Morgan fingerprint density at radius 1 is 0.765 bits per heavy atom. The molecule has 0 aliphatic carbocycles. The van der Waals surface area contributed by atoms with Crippen molar-refractivity contribution < 1.29 is 46.5 Å². The third-order valence-corrected chi connectivity index (χ3v) is 4.44. The van der Waals surface area contributed by atoms with Crippen molar-refractivity contribution in [3.05, 3.63) is 0 Å². The average molecular weight is 290 g/mol. The SMILES string of the molecule is CCCCCC[O][Ti]([O]OC)([O]OC)[O]OC. The van der Waals surface area contributed by atoms with Gasteiger partial charge in [-0.25, -0.2) is 0 Å². The standard InChI is InChI=1S/C6H13O.3CH4O2.Ti/c1-2-3-4-5-6-7;3*1-3-2;/h2-6H2,1H3;3*2H,1H3;/q-1;;;;+4/p-3. The second-order valence-corrected chi connectivity index (χ2v) is 5.95. The first kappa shape index (κ1) is 17.4. The average Bonchev–Trinajstić information content (AvgIpc) is 2.30. The molecule has 0 fully saturated rings. The quantitative estimate of drug-likeness (QED) is 0.236. The van der Waals surface area contributed by atoms with Gasteiger partial charge in [0, 0.05) is 0 Å². The maximum atomic E-state index is 5.44. The van der Waals surface area contributed by atoms with Gasteiger partial charge in [0.05, 0.1) is 0 Å². The molecule has 0 heterocycles. The molecular weight excluding hydrogens is 268 g/mol. The molecule has 0 spiro atoms. The van der Waals surface area contributed by atoms with Gasteiger partial charge in [-0.05, 0) is 0 Å². The minimum atomic E-state index is -4.07. The van der Waals surface area contributed by atoms with Crippen molar-refractivity contribution in [3.63, 3.8) is 0 Å². The van der Waals surface area contributed by atoms with Crippen LogP contribution in [0.4, 0.5) is 0 Å². The normalized spacial score (nSPS) is 12.0. The summed E-state index contributed by atoms with van der Waals surface area (Å²) in [5.74, 6) is 0. The molecule has 104 valence electrons. The molecule has 0 aromatic rings. The van der Waals surface area contributed by atoms with E-state index in [1.807, 2.05) is 0 Å². The Hall–Kier alpha value is 0.434. The van der Waals surface area contributed by atoms with Crippen molar-refractivity contribution in [1.29, 1.82) is 0 Å². The van der Waals surface area contributed by atoms with Gasteiger partial charge in [0.15, 0.2) is 0 Å². The third-order valence-electron chi connectivity index (χ3n) is 1.83. The fourth-order valence-corrected chi connectivity index (χ4v) is 3.07. The number of hydrogen-bond donors (Lipinski definition) is 0. The van der Waals surface area contributed by atoms with E-state index < -0.39 is 18.1 Å². The van der Waals surface area contributed by atoms with Crippen LogP contribution in [0.3, 0.4) is 0 Å². The van der Waals surface area contributed by atoms with Crippen LogP contribution < -0.4 is 0 Å². The van der Waals surface area contributed by atoms with Crippen LogP contribution in [0.5, 0.6) is 0 Å². The van der Waals surface area contributed by atoms with Gasteiger partial charge in [-0.15, -0.1) is 0 Å². The van der Waals surface area contributed by atoms with Crippen molar-refractivity contribution >= 4 is 0 Å². The molecule has 0 rings (SSSR count). The Labute approximate surface area is 107 Å². The number of hydrogen-bond acceptors (Lipinski definition) is 7. The molecule has 0 aromatic heterocycles. The van der Waals surface area contributed by atoms with Gasteiger partial charge < -0.3 is 0 Å². The summed E-state index contributed by atoms with van der Waals surface area (Å²) in [4.78, 5) is 13.6. The summed E-state index contributed by atoms with van der Waals surface area (Å²) < 4.78 is 20.1. The van der Waals surface area contributed by atoms with Crippen molar-refractivity contribution in [2.45, 2.75) is 32.6 Å². The minimum absolute atomic E-state index is 0.441. The fraction of sp³-hybridized carbons (Fsp3) is 1.00. The first-order chi connectivity index (χ1) is 8.24. The number of rotatable bonds is 12. The third kappa shape index (κ3) is 8.20. The summed E-state index contributed by atoms with van der Waals surface area (Å²) in [7, 11) is 4.00. The topological polar surface area (TPSA) is 64.6 Å². The van der Waals surface area contributed by atoms with Gasteiger partial charge in [-0.1, -0.05) is 0 Å². The molecule has 0 unspecified atom stereocenters. The Balaban J connectivity index is 4.05. The molecule has 0 saturated carbocycles. The summed E-state index contributed by atoms with van der Waals surface area (Å²) in [6.45, 7) is 2.58. The molecule has 0 atom stereocenters. The van der Waals surface area contributed by atoms with E-state index in [1.54, 1.807) is 0 Å². The molecule has 0 bridgehead atoms. The molecule has 17 heavy (non-hydrogen) atoms. The molecule has 0 aromatic carbocycles. The molecule has 8 heteroatoms. The van der Waals surface area contributed by atoms with Gasteiger partial charge >= 0.3 is 107 Å². The Morgan fingerprint density at radius 3 is 1.71 bits per heavy atom. The van der Waals surface area contributed by atoms with Gasteiger partial charge in [-0.3, -0.25) is 0 Å². The van der Waals surface area contributed by atoms with E-state index in [4.69, 9.17) is 13.7 Å². The predicted octanol–water partition coefficient (Wildman–Crippen LogP) is 2.13. The first-order valence-electron chi connectivity index (χ1n) is 5.54. The molecule has 0 N–H and O–H groups in total. The van der Waals surface area contributed by atoms with Gasteiger partial charge in [0.2, 0.25) is 0 Å². The molecule has 0 radical (unpaired) electrons. The van der Waals surface area contributed by atoms with Crippen LogP contribution in [0.2, 0.25) is 0 Å². The molecule has 7 nitrogen and oxygen atoms in total. The van der Waals surface area contributed by atoms with E-state index in [0.29, 0.717) is 6.61 Å². The van der Waals surface area contributed by atoms with E-state index in [-0.39, 0.29) is 0 Å². The van der Waals surface area contributed by atoms with E-state index in [0.717, 1.165) is 25.7 Å². The van der Waals surface area contributed by atoms with Crippen molar-refractivity contribution in [2.24, 2.45) is 0 Å². The fourth-order valence-electron chi connectivity index (χ4n) is 1.15. The van der Waals surface area contributed by atoms with Crippen molar-refractivity contribution in [2.75, 3.05) is 27.9 Å². The molecule has 0 saturated heterocycles. The van der Waals surface area contributed by atoms with Gasteiger partial charge in [0.25, 0.3) is 0 Å². The van der Waals surface area contributed by atoms with Gasteiger partial charge in [0.1, 0.15) is 0 Å². The Bertz CT molecular complexity index is 152. The maximum absolute atomic E-state index is 5.44. The van der Waals surface area contributed by atoms with Crippen LogP contribution in [0, 0.1) is 0 Å². The summed E-state index contributed by atoms with van der Waals surface area (Å²) in [5.41, 5.74) is 0. The zero-order valence-corrected chi connectivity index (χ0v) is 12.5. The van der Waals surface area contributed by atoms with Crippen LogP contribution >= 0.6 is 0 Å². The van der Waals surface area contributed by atoms with E-state index >= 15 is 0 Å². The summed E-state index contributed by atoms with van der Waals surface area (Å²) in [6, 6.07) is 0. The van der Waals surface area contributed by atoms with Crippen LogP contribution in [0.25, 0.3) is 0 Å². The van der Waals surface area contributed by atoms with Crippen molar-refractivity contribution in [1.82, 2.24) is 0 Å². The first-order valence-corrected chi connectivity index (χ1v) is 8.09. The summed E-state index contributed by atoms with van der Waals surface area (Å²) in [6.07, 6.45) is 4.27. The number of unbranched alkanes of at least 4 members (excludes halogenated alkanes) is 3. The molecule has 0 aliphatic rings. The second-order valence-electron chi connectivity index (χ2n) is 3.16. The van der Waals surface area contributed by atoms with Crippen LogP contribution in [0.15, 0.2) is 0 Å². The van der Waals surface area contributed by atoms with Crippen LogP contribution in [-0.2, 0) is 46.5 Å². The van der Waals surface area contributed by atoms with Crippen LogP contribution in [0.1, 0.15) is 32.6 Å². The zero-order chi connectivity index (χ0) is 13.0. The van der Waals surface area contributed by atoms with Gasteiger partial charge in [-0.2, -0.15) is 0 Å². The molecule has 0 amide bonds. The zero-order valence-electron chi connectivity index (χ0n) is 10.9. The van der Waals surface area contributed by atoms with E-state index in [9.17, 15) is 0 Å². The second kappa shape index (κ2) is 11.5. The van der Waals surface area contributed by atoms with E-state index in [2.05, 4.69) is 21.6 Å². The monoisotopic (exact) mass is 290 g/mol. The molecule has 0 aliphatic heterocycles. The Morgan fingerprint density at radius 2 is 1.29 bits per heavy atom. The molecular formula is C9H22O7Ti. The Kier molecular flexibility index (Phi) is 11.8. The van der Waals surface area contributed by atoms with Crippen molar-refractivity contribution in [3.8, 4) is 0 Å². The predicted molar refractivity (Wildman–Crippen MR) is 54.4 cm³/mol.